The predicted molar refractivity (Wildman–Crippen MR) is 149 cm³/mol. The molecule has 2 aromatic carbocycles. The quantitative estimate of drug-likeness (QED) is 0.348. The number of hydrogen-bond donors (Lipinski definition) is 1. The van der Waals surface area contributed by atoms with Gasteiger partial charge in [0.2, 0.25) is 11.8 Å². The number of carbonyl (C=O) groups excluding carboxylic acids is 2. The average molecular weight is 537 g/mol. The Bertz CT molecular complexity index is 1210. The Morgan fingerprint density at radius 1 is 0.921 bits per heavy atom. The Morgan fingerprint density at radius 3 is 2.34 bits per heavy atom. The van der Waals surface area contributed by atoms with Crippen LogP contribution >= 0.6 is 11.3 Å². The lowest BCUT2D eigenvalue weighted by Gasteiger charge is -2.34. The maximum atomic E-state index is 14.1. The van der Waals surface area contributed by atoms with Gasteiger partial charge in [-0.15, -0.1) is 11.3 Å². The fraction of sp³-hybridized carbons (Fsp3) is 0.400. The minimum atomic E-state index is -0.867. The first-order valence-corrected chi connectivity index (χ1v) is 13.9. The number of hydrogen-bond acceptors (Lipinski definition) is 6. The maximum Gasteiger partial charge on any atom is 0.247 e. The molecular formula is C30H36N2O5S. The molecule has 0 radical (unpaired) electrons. The van der Waals surface area contributed by atoms with E-state index in [0.29, 0.717) is 22.8 Å². The van der Waals surface area contributed by atoms with Crippen molar-refractivity contribution in [2.24, 2.45) is 0 Å². The number of thiophene rings is 1. The molecule has 38 heavy (non-hydrogen) atoms. The fourth-order valence-corrected chi connectivity index (χ4v) is 5.72. The highest BCUT2D eigenvalue weighted by atomic mass is 32.1. The van der Waals surface area contributed by atoms with Crippen molar-refractivity contribution in [1.82, 2.24) is 10.2 Å². The van der Waals surface area contributed by atoms with E-state index < -0.39 is 6.04 Å². The molecule has 0 aliphatic heterocycles. The van der Waals surface area contributed by atoms with E-state index >= 15 is 0 Å². The summed E-state index contributed by atoms with van der Waals surface area (Å²) in [7, 11) is 4.74. The summed E-state index contributed by atoms with van der Waals surface area (Å²) in [6.07, 6.45) is 5.46. The van der Waals surface area contributed by atoms with Crippen molar-refractivity contribution in [2.45, 2.75) is 57.2 Å². The second kappa shape index (κ2) is 13.3. The molecule has 202 valence electrons. The van der Waals surface area contributed by atoms with Crippen LogP contribution in [0.15, 0.2) is 60.0 Å². The van der Waals surface area contributed by atoms with E-state index in [-0.39, 0.29) is 30.8 Å². The van der Waals surface area contributed by atoms with Crippen molar-refractivity contribution in [3.05, 3.63) is 76.0 Å². The number of carbonyl (C=O) groups is 2. The second-order valence-electron chi connectivity index (χ2n) is 9.45. The lowest BCUT2D eigenvalue weighted by molar-refractivity contribution is -0.141. The SMILES string of the molecule is COc1ccccc1CN(C(=O)Cc1cccs1)[C@H](C(=O)NC1CCCCC1)c1ccc(OC)c(OC)c1. The molecule has 1 atom stereocenters. The monoisotopic (exact) mass is 536 g/mol. The van der Waals surface area contributed by atoms with Crippen molar-refractivity contribution in [3.63, 3.8) is 0 Å². The van der Waals surface area contributed by atoms with Gasteiger partial charge in [0.05, 0.1) is 34.3 Å². The molecule has 1 aliphatic carbocycles. The van der Waals surface area contributed by atoms with Gasteiger partial charge < -0.3 is 24.4 Å². The minimum Gasteiger partial charge on any atom is -0.496 e. The predicted octanol–water partition coefficient (Wildman–Crippen LogP) is 5.54. The van der Waals surface area contributed by atoms with Crippen LogP contribution in [0.25, 0.3) is 0 Å². The van der Waals surface area contributed by atoms with Gasteiger partial charge in [-0.05, 0) is 48.1 Å². The average Bonchev–Trinajstić information content (AvgIpc) is 3.46. The zero-order chi connectivity index (χ0) is 26.9. The normalized spacial score (nSPS) is 14.4. The number of ether oxygens (including phenoxy) is 3. The second-order valence-corrected chi connectivity index (χ2v) is 10.5. The molecule has 7 nitrogen and oxygen atoms in total. The van der Waals surface area contributed by atoms with Gasteiger partial charge in [0.1, 0.15) is 11.8 Å². The van der Waals surface area contributed by atoms with E-state index in [4.69, 9.17) is 14.2 Å². The number of methoxy groups -OCH3 is 3. The Kier molecular flexibility index (Phi) is 9.65. The number of amides is 2. The molecule has 1 aromatic heterocycles. The van der Waals surface area contributed by atoms with Crippen LogP contribution in [0.5, 0.6) is 17.2 Å². The van der Waals surface area contributed by atoms with E-state index in [9.17, 15) is 9.59 Å². The lowest BCUT2D eigenvalue weighted by Crippen LogP contribution is -2.47. The first kappa shape index (κ1) is 27.5. The van der Waals surface area contributed by atoms with E-state index in [1.54, 1.807) is 38.4 Å². The first-order valence-electron chi connectivity index (χ1n) is 13.0. The van der Waals surface area contributed by atoms with Crippen molar-refractivity contribution in [1.29, 1.82) is 0 Å². The van der Waals surface area contributed by atoms with Crippen LogP contribution in [0.1, 0.15) is 54.1 Å². The molecule has 1 aliphatic rings. The van der Waals surface area contributed by atoms with Gasteiger partial charge in [-0.3, -0.25) is 9.59 Å². The van der Waals surface area contributed by atoms with Crippen LogP contribution in [0.2, 0.25) is 0 Å². The zero-order valence-electron chi connectivity index (χ0n) is 22.3. The molecule has 0 bridgehead atoms. The molecule has 3 aromatic rings. The molecule has 4 rings (SSSR count). The van der Waals surface area contributed by atoms with Crippen LogP contribution in [0.4, 0.5) is 0 Å². The summed E-state index contributed by atoms with van der Waals surface area (Å²) in [4.78, 5) is 30.6. The molecule has 0 unspecified atom stereocenters. The van der Waals surface area contributed by atoms with Gasteiger partial charge in [0, 0.05) is 16.5 Å². The Morgan fingerprint density at radius 2 is 1.66 bits per heavy atom. The Labute approximate surface area is 228 Å². The molecule has 1 fully saturated rings. The molecule has 1 N–H and O–H groups in total. The van der Waals surface area contributed by atoms with E-state index in [2.05, 4.69) is 5.32 Å². The third-order valence-electron chi connectivity index (χ3n) is 6.99. The standard InChI is InChI=1S/C30H36N2O5S/c1-35-25-14-8-7-10-22(25)20-32(28(33)19-24-13-9-17-38-24)29(30(34)31-23-11-5-4-6-12-23)21-15-16-26(36-2)27(18-21)37-3/h7-10,13-18,23,29H,4-6,11-12,19-20H2,1-3H3,(H,31,34)/t29-/m0/s1. The number of rotatable bonds is 11. The number of benzene rings is 2. The van der Waals surface area contributed by atoms with Crippen LogP contribution in [-0.2, 0) is 22.6 Å². The van der Waals surface area contributed by atoms with Gasteiger partial charge >= 0.3 is 0 Å². The number of nitrogens with zero attached hydrogens (tertiary/aromatic N) is 1. The van der Waals surface area contributed by atoms with Gasteiger partial charge in [-0.1, -0.05) is 49.6 Å². The summed E-state index contributed by atoms with van der Waals surface area (Å²) in [5.41, 5.74) is 1.48. The highest BCUT2D eigenvalue weighted by Crippen LogP contribution is 2.34. The van der Waals surface area contributed by atoms with Crippen LogP contribution in [0.3, 0.4) is 0 Å². The third kappa shape index (κ3) is 6.67. The van der Waals surface area contributed by atoms with Crippen LogP contribution < -0.4 is 19.5 Å². The molecular weight excluding hydrogens is 500 g/mol. The van der Waals surface area contributed by atoms with Crippen LogP contribution in [0, 0.1) is 0 Å². The van der Waals surface area contributed by atoms with E-state index in [1.165, 1.54) is 17.8 Å². The summed E-state index contributed by atoms with van der Waals surface area (Å²) < 4.78 is 16.6. The van der Waals surface area contributed by atoms with Crippen molar-refractivity contribution in [2.75, 3.05) is 21.3 Å². The van der Waals surface area contributed by atoms with Gasteiger partial charge in [-0.25, -0.2) is 0 Å². The maximum absolute atomic E-state index is 14.1. The highest BCUT2D eigenvalue weighted by molar-refractivity contribution is 7.10. The lowest BCUT2D eigenvalue weighted by atomic mass is 9.94. The van der Waals surface area contributed by atoms with Crippen molar-refractivity contribution >= 4 is 23.2 Å². The Balaban J connectivity index is 1.77. The molecule has 2 amide bonds. The zero-order valence-corrected chi connectivity index (χ0v) is 23.1. The van der Waals surface area contributed by atoms with Crippen LogP contribution in [-0.4, -0.2) is 44.1 Å². The van der Waals surface area contributed by atoms with Gasteiger partial charge in [-0.2, -0.15) is 0 Å². The first-order chi connectivity index (χ1) is 18.5. The minimum absolute atomic E-state index is 0.0967. The Hall–Kier alpha value is -3.52. The summed E-state index contributed by atoms with van der Waals surface area (Å²) in [5, 5.41) is 5.21. The van der Waals surface area contributed by atoms with E-state index in [1.807, 2.05) is 47.8 Å². The summed E-state index contributed by atoms with van der Waals surface area (Å²) in [6, 6.07) is 16.1. The third-order valence-corrected chi connectivity index (χ3v) is 7.87. The number of nitrogens with one attached hydrogen (secondary N) is 1. The molecule has 8 heteroatoms. The number of para-hydroxylation sites is 1. The van der Waals surface area contributed by atoms with Crippen molar-refractivity contribution in [3.8, 4) is 17.2 Å². The molecule has 0 spiro atoms. The van der Waals surface area contributed by atoms with Gasteiger partial charge in [0.15, 0.2) is 11.5 Å². The van der Waals surface area contributed by atoms with Crippen molar-refractivity contribution < 1.29 is 23.8 Å². The summed E-state index contributed by atoms with van der Waals surface area (Å²) in [5.74, 6) is 1.39. The summed E-state index contributed by atoms with van der Waals surface area (Å²) >= 11 is 1.53. The smallest absolute Gasteiger partial charge is 0.247 e. The molecule has 1 saturated carbocycles. The molecule has 0 saturated heterocycles. The fourth-order valence-electron chi connectivity index (χ4n) is 5.03. The molecule has 1 heterocycles. The summed E-state index contributed by atoms with van der Waals surface area (Å²) in [6.45, 7) is 0.214. The topological polar surface area (TPSA) is 77.1 Å². The van der Waals surface area contributed by atoms with E-state index in [0.717, 1.165) is 36.1 Å². The highest BCUT2D eigenvalue weighted by Gasteiger charge is 2.34. The largest absolute Gasteiger partial charge is 0.496 e. The van der Waals surface area contributed by atoms with Gasteiger partial charge in [0.25, 0.3) is 0 Å².